The van der Waals surface area contributed by atoms with Gasteiger partial charge in [-0.25, -0.2) is 0 Å². The third-order valence-electron chi connectivity index (χ3n) is 2.41. The van der Waals surface area contributed by atoms with E-state index in [2.05, 4.69) is 10.3 Å². The largest absolute Gasteiger partial charge is 0.484 e. The molecule has 2 aromatic rings. The molecule has 5 nitrogen and oxygen atoms in total. The van der Waals surface area contributed by atoms with Gasteiger partial charge in [0.05, 0.1) is 11.9 Å². The Kier molecular flexibility index (Phi) is 3.97. The summed E-state index contributed by atoms with van der Waals surface area (Å²) in [4.78, 5) is 15.7. The third kappa shape index (κ3) is 3.99. The van der Waals surface area contributed by atoms with Crippen molar-refractivity contribution in [1.29, 1.82) is 0 Å². The number of amides is 1. The summed E-state index contributed by atoms with van der Waals surface area (Å²) in [5.74, 6) is 0.371. The molecule has 1 aromatic heterocycles. The van der Waals surface area contributed by atoms with Crippen molar-refractivity contribution in [1.82, 2.24) is 4.98 Å². The molecule has 0 aliphatic heterocycles. The van der Waals surface area contributed by atoms with Crippen molar-refractivity contribution < 1.29 is 9.53 Å². The number of nitrogen functional groups attached to an aromatic ring is 1. The van der Waals surface area contributed by atoms with Gasteiger partial charge < -0.3 is 15.8 Å². The number of hydrogen-bond acceptors (Lipinski definition) is 4. The van der Waals surface area contributed by atoms with Gasteiger partial charge in [-0.1, -0.05) is 0 Å². The molecule has 0 spiro atoms. The Bertz CT molecular complexity index is 567. The Morgan fingerprint density at radius 2 is 2.05 bits per heavy atom. The zero-order valence-corrected chi connectivity index (χ0v) is 10.6. The van der Waals surface area contributed by atoms with Gasteiger partial charge in [-0.3, -0.25) is 9.78 Å². The summed E-state index contributed by atoms with van der Waals surface area (Å²) in [5.41, 5.74) is 7.85. The number of carbonyl (C=O) groups is 1. The molecule has 0 bridgehead atoms. The number of nitrogens with zero attached hydrogens (tertiary/aromatic N) is 1. The highest BCUT2D eigenvalue weighted by Crippen LogP contribution is 2.13. The highest BCUT2D eigenvalue weighted by Gasteiger charge is 2.04. The quantitative estimate of drug-likeness (QED) is 0.821. The van der Waals surface area contributed by atoms with Gasteiger partial charge in [-0.2, -0.15) is 0 Å². The van der Waals surface area contributed by atoms with Crippen LogP contribution in [0.3, 0.4) is 0 Å². The molecule has 1 aromatic carbocycles. The lowest BCUT2D eigenvalue weighted by atomic mass is 10.3. The predicted octanol–water partition coefficient (Wildman–Crippen LogP) is 1.99. The average Bonchev–Trinajstić information content (AvgIpc) is 2.38. The van der Waals surface area contributed by atoms with Crippen LogP contribution in [0.1, 0.15) is 5.56 Å². The van der Waals surface area contributed by atoms with Gasteiger partial charge in [0.2, 0.25) is 0 Å². The van der Waals surface area contributed by atoms with E-state index in [0.717, 1.165) is 5.56 Å². The lowest BCUT2D eigenvalue weighted by Crippen LogP contribution is -2.20. The number of aromatic nitrogens is 1. The summed E-state index contributed by atoms with van der Waals surface area (Å²) in [7, 11) is 0. The first-order valence-electron chi connectivity index (χ1n) is 5.83. The summed E-state index contributed by atoms with van der Waals surface area (Å²) >= 11 is 0. The van der Waals surface area contributed by atoms with Gasteiger partial charge >= 0.3 is 0 Å². The van der Waals surface area contributed by atoms with Gasteiger partial charge in [0, 0.05) is 11.9 Å². The summed E-state index contributed by atoms with van der Waals surface area (Å²) in [6.45, 7) is 1.85. The zero-order chi connectivity index (χ0) is 13.7. The maximum Gasteiger partial charge on any atom is 0.262 e. The molecule has 2 rings (SSSR count). The number of hydrogen-bond donors (Lipinski definition) is 2. The molecule has 0 atom stereocenters. The number of pyridine rings is 1. The van der Waals surface area contributed by atoms with Gasteiger partial charge in [-0.15, -0.1) is 0 Å². The molecule has 0 unspecified atom stereocenters. The van der Waals surface area contributed by atoms with Crippen LogP contribution in [0.15, 0.2) is 42.7 Å². The van der Waals surface area contributed by atoms with Crippen LogP contribution in [0.4, 0.5) is 11.4 Å². The topological polar surface area (TPSA) is 77.2 Å². The third-order valence-corrected chi connectivity index (χ3v) is 2.41. The van der Waals surface area contributed by atoms with Crippen LogP contribution in [0.5, 0.6) is 5.75 Å². The minimum atomic E-state index is -0.232. The summed E-state index contributed by atoms with van der Waals surface area (Å²) in [5, 5.41) is 2.71. The standard InChI is InChI=1S/C14H15N3O2/c1-10-6-12(8-16-7-10)17-14(18)9-19-13-4-2-11(15)3-5-13/h2-8H,9,15H2,1H3,(H,17,18). The van der Waals surface area contributed by atoms with Gasteiger partial charge in [-0.05, 0) is 42.8 Å². The van der Waals surface area contributed by atoms with Crippen LogP contribution < -0.4 is 15.8 Å². The molecule has 98 valence electrons. The minimum Gasteiger partial charge on any atom is -0.484 e. The molecule has 19 heavy (non-hydrogen) atoms. The second-order valence-corrected chi connectivity index (χ2v) is 4.16. The monoisotopic (exact) mass is 257 g/mol. The highest BCUT2D eigenvalue weighted by molar-refractivity contribution is 5.91. The first-order valence-corrected chi connectivity index (χ1v) is 5.83. The first kappa shape index (κ1) is 12.9. The lowest BCUT2D eigenvalue weighted by molar-refractivity contribution is -0.118. The number of rotatable bonds is 4. The molecular weight excluding hydrogens is 242 g/mol. The number of carbonyl (C=O) groups excluding carboxylic acids is 1. The summed E-state index contributed by atoms with van der Waals surface area (Å²) < 4.78 is 5.34. The van der Waals surface area contributed by atoms with Crippen molar-refractivity contribution in [3.8, 4) is 5.75 Å². The molecule has 0 saturated carbocycles. The number of aryl methyl sites for hydroxylation is 1. The molecule has 0 aliphatic rings. The van der Waals surface area contributed by atoms with E-state index in [9.17, 15) is 4.79 Å². The second kappa shape index (κ2) is 5.86. The fourth-order valence-electron chi connectivity index (χ4n) is 1.53. The molecule has 1 heterocycles. The molecule has 0 aliphatic carbocycles. The van der Waals surface area contributed by atoms with E-state index in [0.29, 0.717) is 17.1 Å². The van der Waals surface area contributed by atoms with E-state index >= 15 is 0 Å². The maximum atomic E-state index is 11.7. The highest BCUT2D eigenvalue weighted by atomic mass is 16.5. The van der Waals surface area contributed by atoms with Crippen molar-refractivity contribution in [2.45, 2.75) is 6.92 Å². The number of anilines is 2. The van der Waals surface area contributed by atoms with E-state index < -0.39 is 0 Å². The van der Waals surface area contributed by atoms with E-state index in [1.54, 1.807) is 36.7 Å². The van der Waals surface area contributed by atoms with Crippen LogP contribution >= 0.6 is 0 Å². The second-order valence-electron chi connectivity index (χ2n) is 4.16. The van der Waals surface area contributed by atoms with Gasteiger partial charge in [0.25, 0.3) is 5.91 Å². The normalized spacial score (nSPS) is 9.95. The van der Waals surface area contributed by atoms with Crippen LogP contribution in [-0.4, -0.2) is 17.5 Å². The van der Waals surface area contributed by atoms with Crippen molar-refractivity contribution >= 4 is 17.3 Å². The summed E-state index contributed by atoms with van der Waals surface area (Å²) in [6.07, 6.45) is 3.31. The number of ether oxygens (including phenoxy) is 1. The number of benzene rings is 1. The predicted molar refractivity (Wildman–Crippen MR) is 74.0 cm³/mol. The fourth-order valence-corrected chi connectivity index (χ4v) is 1.53. The SMILES string of the molecule is Cc1cncc(NC(=O)COc2ccc(N)cc2)c1. The van der Waals surface area contributed by atoms with Crippen molar-refractivity contribution in [3.63, 3.8) is 0 Å². The first-order chi connectivity index (χ1) is 9.13. The van der Waals surface area contributed by atoms with Crippen LogP contribution in [0.25, 0.3) is 0 Å². The Balaban J connectivity index is 1.86. The molecule has 1 amide bonds. The van der Waals surface area contributed by atoms with Crippen LogP contribution in [0, 0.1) is 6.92 Å². The van der Waals surface area contributed by atoms with E-state index in [1.807, 2.05) is 13.0 Å². The van der Waals surface area contributed by atoms with Gasteiger partial charge in [0.1, 0.15) is 5.75 Å². The fraction of sp³-hybridized carbons (Fsp3) is 0.143. The number of nitrogens with two attached hydrogens (primary N) is 1. The number of nitrogens with one attached hydrogen (secondary N) is 1. The minimum absolute atomic E-state index is 0.0577. The zero-order valence-electron chi connectivity index (χ0n) is 10.6. The summed E-state index contributed by atoms with van der Waals surface area (Å²) in [6, 6.07) is 8.72. The van der Waals surface area contributed by atoms with Crippen molar-refractivity contribution in [3.05, 3.63) is 48.3 Å². The average molecular weight is 257 g/mol. The van der Waals surface area contributed by atoms with E-state index in [4.69, 9.17) is 10.5 Å². The Hall–Kier alpha value is -2.56. The Labute approximate surface area is 111 Å². The van der Waals surface area contributed by atoms with E-state index in [1.165, 1.54) is 0 Å². The van der Waals surface area contributed by atoms with Crippen molar-refractivity contribution in [2.75, 3.05) is 17.7 Å². The van der Waals surface area contributed by atoms with Crippen LogP contribution in [0.2, 0.25) is 0 Å². The maximum absolute atomic E-state index is 11.7. The Morgan fingerprint density at radius 3 is 2.74 bits per heavy atom. The molecule has 0 saturated heterocycles. The molecule has 0 radical (unpaired) electrons. The lowest BCUT2D eigenvalue weighted by Gasteiger charge is -2.07. The van der Waals surface area contributed by atoms with E-state index in [-0.39, 0.29) is 12.5 Å². The molecule has 5 heteroatoms. The molecular formula is C14H15N3O2. The van der Waals surface area contributed by atoms with Crippen molar-refractivity contribution in [2.24, 2.45) is 0 Å². The van der Waals surface area contributed by atoms with Crippen LogP contribution in [-0.2, 0) is 4.79 Å². The molecule has 0 fully saturated rings. The smallest absolute Gasteiger partial charge is 0.262 e. The Morgan fingerprint density at radius 1 is 1.32 bits per heavy atom. The molecule has 3 N–H and O–H groups in total. The van der Waals surface area contributed by atoms with Gasteiger partial charge in [0.15, 0.2) is 6.61 Å².